The topological polar surface area (TPSA) is 84.0 Å². The predicted octanol–water partition coefficient (Wildman–Crippen LogP) is 5.56. The zero-order valence-electron chi connectivity index (χ0n) is 20.0. The van der Waals surface area contributed by atoms with Gasteiger partial charge in [-0.05, 0) is 42.0 Å². The van der Waals surface area contributed by atoms with E-state index < -0.39 is 6.04 Å². The Labute approximate surface area is 212 Å². The minimum Gasteiger partial charge on any atom is -0.497 e. The second-order valence-corrected chi connectivity index (χ2v) is 8.93. The average Bonchev–Trinajstić information content (AvgIpc) is 3.33. The van der Waals surface area contributed by atoms with Gasteiger partial charge < -0.3 is 14.5 Å². The van der Waals surface area contributed by atoms with Crippen LogP contribution in [0.2, 0.25) is 5.02 Å². The monoisotopic (exact) mass is 501 g/mol. The van der Waals surface area contributed by atoms with E-state index in [0.717, 1.165) is 22.1 Å². The molecule has 0 saturated carbocycles. The average molecular weight is 502 g/mol. The second kappa shape index (κ2) is 9.51. The van der Waals surface area contributed by atoms with E-state index >= 15 is 0 Å². The summed E-state index contributed by atoms with van der Waals surface area (Å²) in [5.74, 6) is 0.985. The Kier molecular flexibility index (Phi) is 6.24. The SMILES string of the molecule is COc1ccc(OC)c(C2CC(c3c(-c4ccccc4)c4cc(Cl)ccc4[nH]c3=O)=NN2C(C)=O)c1. The van der Waals surface area contributed by atoms with E-state index in [9.17, 15) is 9.59 Å². The molecule has 0 bridgehead atoms. The van der Waals surface area contributed by atoms with Crippen molar-refractivity contribution < 1.29 is 14.3 Å². The van der Waals surface area contributed by atoms with Crippen LogP contribution in [-0.2, 0) is 4.79 Å². The van der Waals surface area contributed by atoms with Crippen LogP contribution < -0.4 is 15.0 Å². The highest BCUT2D eigenvalue weighted by Crippen LogP contribution is 2.41. The fraction of sp³-hybridized carbons (Fsp3) is 0.179. The number of methoxy groups -OCH3 is 2. The number of nitrogens with one attached hydrogen (secondary N) is 1. The Morgan fingerprint density at radius 2 is 1.81 bits per heavy atom. The Bertz CT molecular complexity index is 1560. The van der Waals surface area contributed by atoms with E-state index in [1.165, 1.54) is 11.9 Å². The molecular weight excluding hydrogens is 478 g/mol. The molecule has 0 saturated heterocycles. The van der Waals surface area contributed by atoms with Crippen LogP contribution in [0.1, 0.15) is 30.5 Å². The quantitative estimate of drug-likeness (QED) is 0.388. The van der Waals surface area contributed by atoms with Crippen LogP contribution in [0, 0.1) is 0 Å². The third-order valence-corrected chi connectivity index (χ3v) is 6.59. The summed E-state index contributed by atoms with van der Waals surface area (Å²) in [6.07, 6.45) is 0.318. The van der Waals surface area contributed by atoms with E-state index in [0.29, 0.717) is 39.7 Å². The summed E-state index contributed by atoms with van der Waals surface area (Å²) in [6.45, 7) is 1.45. The first-order chi connectivity index (χ1) is 17.4. The van der Waals surface area contributed by atoms with Crippen molar-refractivity contribution in [2.75, 3.05) is 14.2 Å². The molecule has 182 valence electrons. The van der Waals surface area contributed by atoms with Gasteiger partial charge in [-0.15, -0.1) is 0 Å². The van der Waals surface area contributed by atoms with E-state index in [1.54, 1.807) is 38.5 Å². The van der Waals surface area contributed by atoms with Gasteiger partial charge in [-0.1, -0.05) is 41.9 Å². The summed E-state index contributed by atoms with van der Waals surface area (Å²) < 4.78 is 11.0. The predicted molar refractivity (Wildman–Crippen MR) is 141 cm³/mol. The number of hydrogen-bond acceptors (Lipinski definition) is 5. The maximum atomic E-state index is 13.5. The van der Waals surface area contributed by atoms with Crippen LogP contribution >= 0.6 is 11.6 Å². The fourth-order valence-electron chi connectivity index (χ4n) is 4.74. The first-order valence-electron chi connectivity index (χ1n) is 11.4. The molecule has 0 aliphatic carbocycles. The Balaban J connectivity index is 1.74. The van der Waals surface area contributed by atoms with Crippen molar-refractivity contribution in [3.8, 4) is 22.6 Å². The lowest BCUT2D eigenvalue weighted by Gasteiger charge is -2.23. The third-order valence-electron chi connectivity index (χ3n) is 6.36. The number of carbonyl (C=O) groups is 1. The van der Waals surface area contributed by atoms with Gasteiger partial charge in [0, 0.05) is 40.4 Å². The summed E-state index contributed by atoms with van der Waals surface area (Å²) in [5.41, 5.74) is 3.60. The summed E-state index contributed by atoms with van der Waals surface area (Å²) in [4.78, 5) is 29.2. The standard InChI is InChI=1S/C28H24ClN3O4/c1-16(33)32-24(21-14-19(35-2)10-12-25(21)36-3)15-23(31-32)27-26(17-7-5-4-6-8-17)20-13-18(29)9-11-22(20)30-28(27)34/h4-14,24H,15H2,1-3H3,(H,30,34). The molecule has 4 aromatic rings. The number of H-pyrrole nitrogens is 1. The van der Waals surface area contributed by atoms with Gasteiger partial charge in [-0.2, -0.15) is 5.10 Å². The summed E-state index contributed by atoms with van der Waals surface area (Å²) in [7, 11) is 3.15. The maximum absolute atomic E-state index is 13.5. The van der Waals surface area contributed by atoms with Gasteiger partial charge in [0.2, 0.25) is 5.91 Å². The molecule has 2 heterocycles. The minimum atomic E-state index is -0.472. The van der Waals surface area contributed by atoms with E-state index in [1.807, 2.05) is 42.5 Å². The number of halogens is 1. The maximum Gasteiger partial charge on any atom is 0.258 e. The smallest absolute Gasteiger partial charge is 0.258 e. The Morgan fingerprint density at radius 1 is 1.03 bits per heavy atom. The van der Waals surface area contributed by atoms with E-state index in [4.69, 9.17) is 21.1 Å². The molecule has 1 N–H and O–H groups in total. The molecule has 1 aromatic heterocycles. The number of hydrazone groups is 1. The first-order valence-corrected chi connectivity index (χ1v) is 11.8. The van der Waals surface area contributed by atoms with E-state index in [2.05, 4.69) is 10.1 Å². The number of ether oxygens (including phenoxy) is 2. The molecule has 1 atom stereocenters. The highest BCUT2D eigenvalue weighted by atomic mass is 35.5. The van der Waals surface area contributed by atoms with Crippen molar-refractivity contribution in [3.05, 3.63) is 93.2 Å². The molecule has 1 unspecified atom stereocenters. The first kappa shape index (κ1) is 23.6. The lowest BCUT2D eigenvalue weighted by atomic mass is 9.91. The second-order valence-electron chi connectivity index (χ2n) is 8.50. The highest BCUT2D eigenvalue weighted by molar-refractivity contribution is 6.31. The van der Waals surface area contributed by atoms with Gasteiger partial charge >= 0.3 is 0 Å². The molecule has 7 nitrogen and oxygen atoms in total. The van der Waals surface area contributed by atoms with Gasteiger partial charge in [-0.25, -0.2) is 5.01 Å². The molecular formula is C28H24ClN3O4. The molecule has 3 aromatic carbocycles. The molecule has 1 aliphatic rings. The number of aromatic nitrogens is 1. The number of fused-ring (bicyclic) bond motifs is 1. The van der Waals surface area contributed by atoms with Gasteiger partial charge in [0.15, 0.2) is 0 Å². The van der Waals surface area contributed by atoms with Crippen LogP contribution in [0.5, 0.6) is 11.5 Å². The molecule has 8 heteroatoms. The van der Waals surface area contributed by atoms with Crippen molar-refractivity contribution in [1.82, 2.24) is 9.99 Å². The number of carbonyl (C=O) groups excluding carboxylic acids is 1. The lowest BCUT2D eigenvalue weighted by Crippen LogP contribution is -2.24. The zero-order valence-corrected chi connectivity index (χ0v) is 20.8. The van der Waals surface area contributed by atoms with Crippen LogP contribution in [-0.4, -0.2) is 35.8 Å². The van der Waals surface area contributed by atoms with Crippen LogP contribution in [0.15, 0.2) is 76.6 Å². The summed E-state index contributed by atoms with van der Waals surface area (Å²) in [6, 6.07) is 20.0. The number of hydrogen-bond donors (Lipinski definition) is 1. The number of benzene rings is 3. The zero-order chi connectivity index (χ0) is 25.4. The van der Waals surface area contributed by atoms with Gasteiger partial charge in [0.1, 0.15) is 11.5 Å². The number of nitrogens with zero attached hydrogens (tertiary/aromatic N) is 2. The fourth-order valence-corrected chi connectivity index (χ4v) is 4.91. The number of rotatable bonds is 5. The third kappa shape index (κ3) is 4.12. The largest absolute Gasteiger partial charge is 0.497 e. The number of amides is 1. The molecule has 0 spiro atoms. The molecule has 36 heavy (non-hydrogen) atoms. The van der Waals surface area contributed by atoms with Crippen LogP contribution in [0.25, 0.3) is 22.0 Å². The van der Waals surface area contributed by atoms with Crippen molar-refractivity contribution >= 4 is 34.1 Å². The van der Waals surface area contributed by atoms with Crippen molar-refractivity contribution in [1.29, 1.82) is 0 Å². The minimum absolute atomic E-state index is 0.249. The summed E-state index contributed by atoms with van der Waals surface area (Å²) >= 11 is 6.36. The highest BCUT2D eigenvalue weighted by Gasteiger charge is 2.36. The number of aromatic amines is 1. The van der Waals surface area contributed by atoms with Crippen molar-refractivity contribution in [2.24, 2.45) is 5.10 Å². The molecule has 0 radical (unpaired) electrons. The summed E-state index contributed by atoms with van der Waals surface area (Å²) in [5, 5.41) is 7.43. The molecule has 1 aliphatic heterocycles. The number of pyridine rings is 1. The molecule has 1 amide bonds. The van der Waals surface area contributed by atoms with Crippen LogP contribution in [0.4, 0.5) is 0 Å². The van der Waals surface area contributed by atoms with Gasteiger partial charge in [-0.3, -0.25) is 9.59 Å². The van der Waals surface area contributed by atoms with E-state index in [-0.39, 0.29) is 11.5 Å². The van der Waals surface area contributed by atoms with Crippen molar-refractivity contribution in [2.45, 2.75) is 19.4 Å². The molecule has 0 fully saturated rings. The van der Waals surface area contributed by atoms with Crippen molar-refractivity contribution in [3.63, 3.8) is 0 Å². The molecule has 5 rings (SSSR count). The van der Waals surface area contributed by atoms with Gasteiger partial charge in [0.25, 0.3) is 5.56 Å². The lowest BCUT2D eigenvalue weighted by molar-refractivity contribution is -0.130. The van der Waals surface area contributed by atoms with Gasteiger partial charge in [0.05, 0.1) is 31.5 Å². The Morgan fingerprint density at radius 3 is 2.50 bits per heavy atom. The normalized spacial score (nSPS) is 15.2. The Hall–Kier alpha value is -4.10. The van der Waals surface area contributed by atoms with Crippen LogP contribution in [0.3, 0.4) is 0 Å².